The van der Waals surface area contributed by atoms with E-state index in [4.69, 9.17) is 18.9 Å². The van der Waals surface area contributed by atoms with Gasteiger partial charge in [0.2, 0.25) is 0 Å². The van der Waals surface area contributed by atoms with E-state index in [1.807, 2.05) is 21.1 Å². The number of hydrogen-bond donors (Lipinski definition) is 0. The fraction of sp³-hybridized carbons (Fsp3) is 0.789. The van der Waals surface area contributed by atoms with Crippen molar-refractivity contribution >= 4 is 17.9 Å². The Morgan fingerprint density at radius 3 is 1.06 bits per heavy atom. The average molecular weight is 1120 g/mol. The number of esters is 2. The first kappa shape index (κ1) is 76.7. The van der Waals surface area contributed by atoms with Crippen LogP contribution in [0.2, 0.25) is 0 Å². The van der Waals surface area contributed by atoms with Gasteiger partial charge in [0, 0.05) is 12.8 Å². The van der Waals surface area contributed by atoms with E-state index in [0.29, 0.717) is 23.9 Å². The van der Waals surface area contributed by atoms with Crippen molar-refractivity contribution in [1.29, 1.82) is 0 Å². The van der Waals surface area contributed by atoms with Gasteiger partial charge in [0.1, 0.15) is 13.2 Å². The Morgan fingerprint density at radius 2 is 0.713 bits per heavy atom. The third kappa shape index (κ3) is 62.3. The molecule has 0 amide bonds. The highest BCUT2D eigenvalue weighted by Crippen LogP contribution is 2.18. The maximum absolute atomic E-state index is 12.9. The Balaban J connectivity index is 4.15. The first-order chi connectivity index (χ1) is 39.1. The predicted octanol–water partition coefficient (Wildman–Crippen LogP) is 19.2. The summed E-state index contributed by atoms with van der Waals surface area (Å²) in [4.78, 5) is 37.5. The molecule has 0 N–H and O–H groups in total. The van der Waals surface area contributed by atoms with E-state index in [0.717, 1.165) is 83.5 Å². The molecular formula is C71H127NO8. The van der Waals surface area contributed by atoms with E-state index in [9.17, 15) is 19.5 Å². The molecule has 2 unspecified atom stereocenters. The van der Waals surface area contributed by atoms with Crippen LogP contribution in [0, 0.1) is 0 Å². The zero-order chi connectivity index (χ0) is 58.3. The summed E-state index contributed by atoms with van der Waals surface area (Å²) >= 11 is 0. The number of unbranched alkanes of at least 4 members (excludes halogenated alkanes) is 35. The SMILES string of the molecule is CC/C=C\C/C=C\C/C=C\C/C=C\C/C=C\C/C=C\CCCCCCCCCCCCC(=O)OC(COC(=O)CCCCCCCCCCCCCCCCCCCCCCCCCCCC)COC(OCC[N+](C)(C)C)C(=O)[O-]. The third-order valence-electron chi connectivity index (χ3n) is 14.7. The van der Waals surface area contributed by atoms with Gasteiger partial charge in [-0.25, -0.2) is 0 Å². The Morgan fingerprint density at radius 1 is 0.388 bits per heavy atom. The second-order valence-corrected chi connectivity index (χ2v) is 23.7. The van der Waals surface area contributed by atoms with Crippen molar-refractivity contribution in [3.05, 3.63) is 72.9 Å². The molecule has 0 aromatic heterocycles. The number of carboxylic acid groups (broad SMARTS) is 1. The summed E-state index contributed by atoms with van der Waals surface area (Å²) in [6, 6.07) is 0. The van der Waals surface area contributed by atoms with Gasteiger partial charge in [0.25, 0.3) is 0 Å². The maximum atomic E-state index is 12.9. The second-order valence-electron chi connectivity index (χ2n) is 23.7. The Hall–Kier alpha value is -3.27. The highest BCUT2D eigenvalue weighted by molar-refractivity contribution is 5.70. The standard InChI is InChI=1S/C71H127NO8/c1-6-8-10-12-14-16-18-20-22-24-26-28-30-32-34-35-36-38-40-42-44-46-48-50-52-54-56-58-60-62-69(74)80-67(66-79-71(70(75)76)77-64-63-72(3,4)5)65-78-68(73)61-59-57-55-53-51-49-47-45-43-41-39-37-33-31-29-27-25-23-21-19-17-15-13-11-9-7-2/h8,10,14,16,20,22,26,28,32,34,36,38,67,71H,6-7,9,11-13,15,17-19,21,23-25,27,29-31,33,35,37,39-66H2,1-5H3/b10-8-,16-14-,22-20-,28-26-,34-32-,38-36-. The van der Waals surface area contributed by atoms with Crippen molar-refractivity contribution in [1.82, 2.24) is 0 Å². The van der Waals surface area contributed by atoms with Crippen molar-refractivity contribution in [3.8, 4) is 0 Å². The smallest absolute Gasteiger partial charge is 0.306 e. The van der Waals surface area contributed by atoms with Crippen LogP contribution < -0.4 is 5.11 Å². The van der Waals surface area contributed by atoms with Crippen LogP contribution in [0.3, 0.4) is 0 Å². The third-order valence-corrected chi connectivity index (χ3v) is 14.7. The summed E-state index contributed by atoms with van der Waals surface area (Å²) in [5.74, 6) is -2.27. The van der Waals surface area contributed by atoms with Crippen LogP contribution in [0.5, 0.6) is 0 Å². The van der Waals surface area contributed by atoms with Gasteiger partial charge in [-0.05, 0) is 64.2 Å². The van der Waals surface area contributed by atoms with E-state index < -0.39 is 24.3 Å². The number of ether oxygens (including phenoxy) is 4. The molecule has 0 saturated heterocycles. The van der Waals surface area contributed by atoms with Crippen molar-refractivity contribution in [3.63, 3.8) is 0 Å². The molecule has 0 radical (unpaired) electrons. The van der Waals surface area contributed by atoms with Gasteiger partial charge in [0.05, 0.1) is 40.3 Å². The number of rotatable bonds is 62. The van der Waals surface area contributed by atoms with Gasteiger partial charge in [0.15, 0.2) is 12.4 Å². The van der Waals surface area contributed by atoms with Crippen LogP contribution in [0.1, 0.15) is 303 Å². The normalized spacial score (nSPS) is 13.2. The molecule has 9 heteroatoms. The van der Waals surface area contributed by atoms with E-state index in [-0.39, 0.29) is 32.2 Å². The predicted molar refractivity (Wildman–Crippen MR) is 338 cm³/mol. The van der Waals surface area contributed by atoms with Gasteiger partial charge in [-0.15, -0.1) is 0 Å². The molecule has 0 heterocycles. The number of carbonyl (C=O) groups is 3. The zero-order valence-electron chi connectivity index (χ0n) is 52.9. The fourth-order valence-corrected chi connectivity index (χ4v) is 9.60. The number of hydrogen-bond acceptors (Lipinski definition) is 8. The van der Waals surface area contributed by atoms with Gasteiger partial charge >= 0.3 is 11.9 Å². The van der Waals surface area contributed by atoms with Crippen LogP contribution in [-0.4, -0.2) is 82.3 Å². The minimum Gasteiger partial charge on any atom is -0.545 e. The molecule has 0 spiro atoms. The van der Waals surface area contributed by atoms with E-state index in [1.54, 1.807) is 0 Å². The van der Waals surface area contributed by atoms with Crippen LogP contribution in [-0.2, 0) is 33.3 Å². The first-order valence-electron chi connectivity index (χ1n) is 33.6. The molecular weight excluding hydrogens is 995 g/mol. The first-order valence-corrected chi connectivity index (χ1v) is 33.6. The molecule has 0 saturated carbocycles. The quantitative estimate of drug-likeness (QED) is 0.0195. The van der Waals surface area contributed by atoms with Gasteiger partial charge < -0.3 is 33.3 Å². The highest BCUT2D eigenvalue weighted by Gasteiger charge is 2.22. The molecule has 0 rings (SSSR count). The average Bonchev–Trinajstić information content (AvgIpc) is 3.43. The number of nitrogens with zero attached hydrogens (tertiary/aromatic N) is 1. The minimum atomic E-state index is -1.62. The zero-order valence-corrected chi connectivity index (χ0v) is 52.9. The summed E-state index contributed by atoms with van der Waals surface area (Å²) in [5.41, 5.74) is 0. The molecule has 80 heavy (non-hydrogen) atoms. The van der Waals surface area contributed by atoms with E-state index in [1.165, 1.54) is 186 Å². The number of likely N-dealkylation sites (N-methyl/N-ethyl adjacent to an activating group) is 1. The molecule has 0 aliphatic carbocycles. The van der Waals surface area contributed by atoms with E-state index in [2.05, 4.69) is 86.8 Å². The summed E-state index contributed by atoms with van der Waals surface area (Å²) in [6.45, 7) is 4.67. The van der Waals surface area contributed by atoms with Crippen molar-refractivity contribution in [2.45, 2.75) is 315 Å². The molecule has 0 aromatic carbocycles. The molecule has 464 valence electrons. The summed E-state index contributed by atoms with van der Waals surface area (Å²) < 4.78 is 22.8. The number of carboxylic acids is 1. The molecule has 0 aromatic rings. The lowest BCUT2D eigenvalue weighted by Crippen LogP contribution is -2.44. The van der Waals surface area contributed by atoms with Crippen molar-refractivity contribution in [2.24, 2.45) is 0 Å². The monoisotopic (exact) mass is 1120 g/mol. The van der Waals surface area contributed by atoms with Crippen LogP contribution >= 0.6 is 0 Å². The lowest BCUT2D eigenvalue weighted by atomic mass is 10.0. The van der Waals surface area contributed by atoms with Crippen LogP contribution in [0.25, 0.3) is 0 Å². The molecule has 9 nitrogen and oxygen atoms in total. The summed E-state index contributed by atoms with van der Waals surface area (Å²) in [7, 11) is 5.93. The lowest BCUT2D eigenvalue weighted by molar-refractivity contribution is -0.870. The van der Waals surface area contributed by atoms with Crippen LogP contribution in [0.4, 0.5) is 0 Å². The molecule has 0 aliphatic rings. The molecule has 0 fully saturated rings. The Bertz CT molecular complexity index is 1540. The number of aliphatic carboxylic acids is 1. The highest BCUT2D eigenvalue weighted by atomic mass is 16.7. The molecule has 0 aliphatic heterocycles. The van der Waals surface area contributed by atoms with Crippen molar-refractivity contribution < 1.29 is 42.9 Å². The molecule has 0 bridgehead atoms. The van der Waals surface area contributed by atoms with Crippen LogP contribution in [0.15, 0.2) is 72.9 Å². The number of carbonyl (C=O) groups excluding carboxylic acids is 3. The number of allylic oxidation sites excluding steroid dienone is 12. The molecule has 2 atom stereocenters. The fourth-order valence-electron chi connectivity index (χ4n) is 9.60. The largest absolute Gasteiger partial charge is 0.545 e. The van der Waals surface area contributed by atoms with E-state index >= 15 is 0 Å². The topological polar surface area (TPSA) is 111 Å². The van der Waals surface area contributed by atoms with Crippen molar-refractivity contribution in [2.75, 3.05) is 47.5 Å². The summed E-state index contributed by atoms with van der Waals surface area (Å²) in [6.07, 6.45) is 78.3. The van der Waals surface area contributed by atoms with Gasteiger partial charge in [-0.1, -0.05) is 299 Å². The maximum Gasteiger partial charge on any atom is 0.306 e. The second kappa shape index (κ2) is 61.8. The summed E-state index contributed by atoms with van der Waals surface area (Å²) in [5, 5.41) is 11.8. The van der Waals surface area contributed by atoms with Gasteiger partial charge in [-0.2, -0.15) is 0 Å². The Labute approximate surface area is 494 Å². The Kier molecular flexibility index (Phi) is 59.3. The minimum absolute atomic E-state index is 0.146. The lowest BCUT2D eigenvalue weighted by Gasteiger charge is -2.26. The van der Waals surface area contributed by atoms with Gasteiger partial charge in [-0.3, -0.25) is 9.59 Å². The number of quaternary nitrogens is 1.